The second-order valence-electron chi connectivity index (χ2n) is 7.02. The van der Waals surface area contributed by atoms with E-state index in [0.717, 1.165) is 39.9 Å². The fourth-order valence-electron chi connectivity index (χ4n) is 2.92. The Morgan fingerprint density at radius 2 is 1.63 bits per heavy atom. The van der Waals surface area contributed by atoms with E-state index in [0.29, 0.717) is 6.54 Å². The lowest BCUT2D eigenvalue weighted by molar-refractivity contribution is -0.114. The minimum Gasteiger partial charge on any atom is -0.497 e. The third kappa shape index (κ3) is 5.63. The average Bonchev–Trinajstić information content (AvgIpc) is 3.00. The van der Waals surface area contributed by atoms with Crippen molar-refractivity contribution >= 4 is 11.5 Å². The number of Topliss-reactive ketones (excluding diaryl/α,β-unsaturated/α-hetero) is 1. The van der Waals surface area contributed by atoms with E-state index in [2.05, 4.69) is 40.7 Å². The molecule has 2 aromatic carbocycles. The summed E-state index contributed by atoms with van der Waals surface area (Å²) in [4.78, 5) is 14.2. The SMILES string of the molecule is CC(C)=O.CCC.COc1ccc(C2=NCc3nnc(C)n3-c3ccccc32)cc1. The Labute approximate surface area is 178 Å². The lowest BCUT2D eigenvalue weighted by Gasteiger charge is -2.12. The largest absolute Gasteiger partial charge is 0.497 e. The topological polar surface area (TPSA) is 69.4 Å². The molecule has 0 bridgehead atoms. The predicted molar refractivity (Wildman–Crippen MR) is 121 cm³/mol. The van der Waals surface area contributed by atoms with Crippen LogP contribution in [0.25, 0.3) is 5.69 Å². The van der Waals surface area contributed by atoms with Gasteiger partial charge in [0.2, 0.25) is 0 Å². The molecule has 0 atom stereocenters. The van der Waals surface area contributed by atoms with Gasteiger partial charge in [0.15, 0.2) is 5.82 Å². The number of carbonyl (C=O) groups excluding carboxylic acids is 1. The Morgan fingerprint density at radius 1 is 1.03 bits per heavy atom. The van der Waals surface area contributed by atoms with E-state index in [1.807, 2.05) is 43.3 Å². The quantitative estimate of drug-likeness (QED) is 0.604. The highest BCUT2D eigenvalue weighted by atomic mass is 16.5. The van der Waals surface area contributed by atoms with Gasteiger partial charge in [-0.3, -0.25) is 9.56 Å². The van der Waals surface area contributed by atoms with Gasteiger partial charge in [0, 0.05) is 11.1 Å². The highest BCUT2D eigenvalue weighted by Crippen LogP contribution is 2.26. The number of carbonyl (C=O) groups is 1. The fourth-order valence-corrected chi connectivity index (χ4v) is 2.92. The molecule has 1 aliphatic heterocycles. The molecule has 0 saturated carbocycles. The van der Waals surface area contributed by atoms with Crippen LogP contribution in [0.1, 0.15) is 56.9 Å². The molecule has 0 aliphatic carbocycles. The van der Waals surface area contributed by atoms with E-state index in [1.165, 1.54) is 20.3 Å². The van der Waals surface area contributed by atoms with Crippen LogP contribution in [0.4, 0.5) is 0 Å². The summed E-state index contributed by atoms with van der Waals surface area (Å²) < 4.78 is 7.32. The van der Waals surface area contributed by atoms with Crippen molar-refractivity contribution in [1.82, 2.24) is 14.8 Å². The lowest BCUT2D eigenvalue weighted by Crippen LogP contribution is -2.08. The molecule has 0 fully saturated rings. The molecule has 6 nitrogen and oxygen atoms in total. The summed E-state index contributed by atoms with van der Waals surface area (Å²) in [5.74, 6) is 2.74. The van der Waals surface area contributed by atoms with Crippen LogP contribution in [0.3, 0.4) is 0 Å². The smallest absolute Gasteiger partial charge is 0.159 e. The van der Waals surface area contributed by atoms with Crippen molar-refractivity contribution in [1.29, 1.82) is 0 Å². The van der Waals surface area contributed by atoms with Crippen LogP contribution in [0.15, 0.2) is 53.5 Å². The third-order valence-electron chi connectivity index (χ3n) is 4.03. The highest BCUT2D eigenvalue weighted by Gasteiger charge is 2.20. The number of nitrogens with zero attached hydrogens (tertiary/aromatic N) is 4. The van der Waals surface area contributed by atoms with Crippen LogP contribution in [-0.2, 0) is 11.3 Å². The zero-order valence-corrected chi connectivity index (χ0v) is 18.6. The number of aliphatic imine (C=N–C) groups is 1. The molecule has 4 rings (SSSR count). The first-order valence-electron chi connectivity index (χ1n) is 10.1. The summed E-state index contributed by atoms with van der Waals surface area (Å²) in [6.45, 7) is 9.78. The molecule has 0 unspecified atom stereocenters. The van der Waals surface area contributed by atoms with E-state index in [4.69, 9.17) is 9.73 Å². The normalized spacial score (nSPS) is 11.3. The number of hydrogen-bond acceptors (Lipinski definition) is 5. The minimum absolute atomic E-state index is 0.167. The molecule has 158 valence electrons. The van der Waals surface area contributed by atoms with Gasteiger partial charge in [0.1, 0.15) is 23.9 Å². The van der Waals surface area contributed by atoms with Crippen molar-refractivity contribution in [3.8, 4) is 11.4 Å². The molecule has 0 amide bonds. The number of hydrogen-bond donors (Lipinski definition) is 0. The summed E-state index contributed by atoms with van der Waals surface area (Å²) in [6, 6.07) is 16.2. The van der Waals surface area contributed by atoms with Gasteiger partial charge in [-0.2, -0.15) is 0 Å². The summed E-state index contributed by atoms with van der Waals surface area (Å²) in [5, 5.41) is 8.44. The molecule has 0 saturated heterocycles. The molecule has 2 heterocycles. The van der Waals surface area contributed by atoms with E-state index in [1.54, 1.807) is 7.11 Å². The van der Waals surface area contributed by atoms with Gasteiger partial charge < -0.3 is 9.53 Å². The maximum atomic E-state index is 9.44. The molecule has 0 N–H and O–H groups in total. The van der Waals surface area contributed by atoms with Crippen LogP contribution < -0.4 is 4.74 Å². The number of rotatable bonds is 2. The Morgan fingerprint density at radius 3 is 2.23 bits per heavy atom. The van der Waals surface area contributed by atoms with Gasteiger partial charge >= 0.3 is 0 Å². The second kappa shape index (κ2) is 11.0. The molecule has 0 spiro atoms. The number of para-hydroxylation sites is 1. The van der Waals surface area contributed by atoms with E-state index < -0.39 is 0 Å². The second-order valence-corrected chi connectivity index (χ2v) is 7.02. The maximum absolute atomic E-state index is 9.44. The van der Waals surface area contributed by atoms with Crippen molar-refractivity contribution < 1.29 is 9.53 Å². The van der Waals surface area contributed by atoms with Gasteiger partial charge in [-0.15, -0.1) is 10.2 Å². The van der Waals surface area contributed by atoms with Crippen molar-refractivity contribution in [3.05, 3.63) is 71.3 Å². The van der Waals surface area contributed by atoms with Crippen LogP contribution in [0.2, 0.25) is 0 Å². The van der Waals surface area contributed by atoms with Crippen LogP contribution >= 0.6 is 0 Å². The number of fused-ring (bicyclic) bond motifs is 3. The Hall–Kier alpha value is -3.28. The van der Waals surface area contributed by atoms with Crippen molar-refractivity contribution in [2.75, 3.05) is 7.11 Å². The molecule has 0 radical (unpaired) electrons. The van der Waals surface area contributed by atoms with Gasteiger partial charge in [0.25, 0.3) is 0 Å². The van der Waals surface area contributed by atoms with Gasteiger partial charge in [-0.05, 0) is 51.1 Å². The van der Waals surface area contributed by atoms with Crippen molar-refractivity contribution in [2.45, 2.75) is 47.6 Å². The minimum atomic E-state index is 0.167. The van der Waals surface area contributed by atoms with E-state index in [-0.39, 0.29) is 5.78 Å². The number of aryl methyl sites for hydroxylation is 1. The molecule has 6 heteroatoms. The summed E-state index contributed by atoms with van der Waals surface area (Å²) in [6.07, 6.45) is 1.25. The van der Waals surface area contributed by atoms with Crippen molar-refractivity contribution in [3.63, 3.8) is 0 Å². The molecular weight excluding hydrogens is 376 g/mol. The summed E-state index contributed by atoms with van der Waals surface area (Å²) in [5.41, 5.74) is 4.18. The van der Waals surface area contributed by atoms with Crippen LogP contribution in [0.5, 0.6) is 5.75 Å². The summed E-state index contributed by atoms with van der Waals surface area (Å²) in [7, 11) is 1.67. The monoisotopic (exact) mass is 406 g/mol. The zero-order valence-electron chi connectivity index (χ0n) is 18.6. The van der Waals surface area contributed by atoms with Crippen molar-refractivity contribution in [2.24, 2.45) is 4.99 Å². The van der Waals surface area contributed by atoms with E-state index >= 15 is 0 Å². The molecule has 1 aliphatic rings. The Kier molecular flexibility index (Phi) is 8.47. The predicted octanol–water partition coefficient (Wildman–Crippen LogP) is 4.95. The number of ether oxygens (including phenoxy) is 1. The molecule has 30 heavy (non-hydrogen) atoms. The Bertz CT molecular complexity index is 1000. The standard InChI is InChI=1S/C18H16N4O.C3H6O.C3H8/c1-12-20-21-17-11-19-18(13-7-9-14(23-2)10-8-13)15-5-3-4-6-16(15)22(12)17;1-3(2)4;1-3-2/h3-10H,11H2,1-2H3;1-2H3;3H2,1-2H3. The lowest BCUT2D eigenvalue weighted by atomic mass is 10.0. The van der Waals surface area contributed by atoms with E-state index in [9.17, 15) is 4.79 Å². The highest BCUT2D eigenvalue weighted by molar-refractivity contribution is 6.15. The first-order chi connectivity index (χ1) is 14.4. The van der Waals surface area contributed by atoms with Crippen LogP contribution in [-0.4, -0.2) is 33.4 Å². The number of benzene rings is 2. The van der Waals surface area contributed by atoms with Crippen LogP contribution in [0, 0.1) is 6.92 Å². The number of methoxy groups -OCH3 is 1. The fraction of sp³-hybridized carbons (Fsp3) is 0.333. The first kappa shape index (κ1) is 23.0. The number of ketones is 1. The third-order valence-corrected chi connectivity index (χ3v) is 4.03. The first-order valence-corrected chi connectivity index (χ1v) is 10.1. The van der Waals surface area contributed by atoms with Gasteiger partial charge in [-0.25, -0.2) is 0 Å². The molecular formula is C24H30N4O2. The Balaban J connectivity index is 0.000000403. The summed E-state index contributed by atoms with van der Waals surface area (Å²) >= 11 is 0. The van der Waals surface area contributed by atoms with Gasteiger partial charge in [0.05, 0.1) is 18.5 Å². The zero-order chi connectivity index (χ0) is 22.1. The molecule has 1 aromatic heterocycles. The van der Waals surface area contributed by atoms with Gasteiger partial charge in [-0.1, -0.05) is 38.5 Å². The number of aromatic nitrogens is 3. The maximum Gasteiger partial charge on any atom is 0.159 e. The molecule has 3 aromatic rings. The average molecular weight is 407 g/mol.